The average molecular weight is 400 g/mol. The Morgan fingerprint density at radius 2 is 1.96 bits per heavy atom. The third-order valence-corrected chi connectivity index (χ3v) is 4.72. The molecule has 2 aromatic heterocycles. The van der Waals surface area contributed by atoms with Crippen LogP contribution in [0.1, 0.15) is 41.4 Å². The first-order valence-electron chi connectivity index (χ1n) is 8.67. The molecule has 0 aliphatic heterocycles. The molecule has 0 spiro atoms. The fourth-order valence-corrected chi connectivity index (χ4v) is 3.21. The lowest BCUT2D eigenvalue weighted by Gasteiger charge is -2.08. The van der Waals surface area contributed by atoms with Crippen LogP contribution in [-0.2, 0) is 6.42 Å². The summed E-state index contributed by atoms with van der Waals surface area (Å²) in [6.07, 6.45) is 4.82. The van der Waals surface area contributed by atoms with Crippen LogP contribution >= 0.6 is 15.9 Å². The summed E-state index contributed by atoms with van der Waals surface area (Å²) in [4.78, 5) is 13.1. The molecular weight excluding hydrogens is 378 g/mol. The summed E-state index contributed by atoms with van der Waals surface area (Å²) in [5.74, 6) is 0.855. The van der Waals surface area contributed by atoms with Crippen LogP contribution in [0.4, 0.5) is 0 Å². The van der Waals surface area contributed by atoms with E-state index in [1.165, 1.54) is 0 Å². The number of rotatable bonds is 8. The van der Waals surface area contributed by atoms with Crippen LogP contribution < -0.4 is 4.74 Å². The lowest BCUT2D eigenvalue weighted by molar-refractivity contribution is 0.103. The molecule has 0 aliphatic carbocycles. The molecule has 0 saturated heterocycles. The SMILES string of the molecule is CCCc1cc2ccccn2c1C(=O)c1ccc(OCCCBr)cc1. The Morgan fingerprint density at radius 1 is 1.16 bits per heavy atom. The van der Waals surface area contributed by atoms with Gasteiger partial charge in [-0.15, -0.1) is 0 Å². The molecule has 0 atom stereocenters. The van der Waals surface area contributed by atoms with Crippen LogP contribution in [0.3, 0.4) is 0 Å². The van der Waals surface area contributed by atoms with E-state index in [1.54, 1.807) is 0 Å². The van der Waals surface area contributed by atoms with Crippen LogP contribution in [-0.4, -0.2) is 22.1 Å². The van der Waals surface area contributed by atoms with E-state index in [0.29, 0.717) is 12.2 Å². The summed E-state index contributed by atoms with van der Waals surface area (Å²) < 4.78 is 7.65. The zero-order valence-electron chi connectivity index (χ0n) is 14.4. The molecule has 0 aliphatic rings. The van der Waals surface area contributed by atoms with Crippen molar-refractivity contribution in [3.8, 4) is 5.75 Å². The van der Waals surface area contributed by atoms with Gasteiger partial charge in [-0.1, -0.05) is 35.3 Å². The molecule has 4 heteroatoms. The van der Waals surface area contributed by atoms with E-state index in [9.17, 15) is 4.79 Å². The second kappa shape index (κ2) is 8.34. The number of alkyl halides is 1. The van der Waals surface area contributed by atoms with Crippen molar-refractivity contribution in [2.45, 2.75) is 26.2 Å². The molecule has 0 radical (unpaired) electrons. The highest BCUT2D eigenvalue weighted by atomic mass is 79.9. The van der Waals surface area contributed by atoms with Crippen molar-refractivity contribution in [2.24, 2.45) is 0 Å². The monoisotopic (exact) mass is 399 g/mol. The van der Waals surface area contributed by atoms with E-state index in [2.05, 4.69) is 28.9 Å². The Bertz CT molecular complexity index is 852. The zero-order valence-corrected chi connectivity index (χ0v) is 16.0. The highest BCUT2D eigenvalue weighted by Crippen LogP contribution is 2.23. The third-order valence-electron chi connectivity index (χ3n) is 4.16. The molecule has 2 heterocycles. The first kappa shape index (κ1) is 17.7. The number of halogens is 1. The molecule has 0 amide bonds. The third kappa shape index (κ3) is 3.96. The number of pyridine rings is 1. The number of benzene rings is 1. The van der Waals surface area contributed by atoms with Gasteiger partial charge in [0.1, 0.15) is 5.75 Å². The van der Waals surface area contributed by atoms with Gasteiger partial charge in [0.2, 0.25) is 5.78 Å². The average Bonchev–Trinajstić information content (AvgIpc) is 3.00. The molecule has 3 nitrogen and oxygen atoms in total. The largest absolute Gasteiger partial charge is 0.494 e. The summed E-state index contributed by atoms with van der Waals surface area (Å²) >= 11 is 3.39. The quantitative estimate of drug-likeness (QED) is 0.292. The predicted molar refractivity (Wildman–Crippen MR) is 105 cm³/mol. The number of nitrogens with zero attached hydrogens (tertiary/aromatic N) is 1. The van der Waals surface area contributed by atoms with Gasteiger partial charge in [0, 0.05) is 22.6 Å². The Kier molecular flexibility index (Phi) is 5.92. The number of ketones is 1. The van der Waals surface area contributed by atoms with Gasteiger partial charge >= 0.3 is 0 Å². The lowest BCUT2D eigenvalue weighted by Crippen LogP contribution is -2.08. The van der Waals surface area contributed by atoms with E-state index in [-0.39, 0.29) is 5.78 Å². The Balaban J connectivity index is 1.90. The predicted octanol–water partition coefficient (Wildman–Crippen LogP) is 5.29. The molecule has 0 N–H and O–H groups in total. The lowest BCUT2D eigenvalue weighted by atomic mass is 10.0. The number of carbonyl (C=O) groups is 1. The van der Waals surface area contributed by atoms with E-state index in [1.807, 2.05) is 53.1 Å². The van der Waals surface area contributed by atoms with Crippen molar-refractivity contribution in [2.75, 3.05) is 11.9 Å². The molecule has 3 aromatic rings. The molecule has 0 fully saturated rings. The van der Waals surface area contributed by atoms with E-state index in [0.717, 1.165) is 47.1 Å². The maximum Gasteiger partial charge on any atom is 0.210 e. The number of aryl methyl sites for hydroxylation is 1. The van der Waals surface area contributed by atoms with Crippen molar-refractivity contribution in [3.63, 3.8) is 0 Å². The van der Waals surface area contributed by atoms with Crippen molar-refractivity contribution in [3.05, 3.63) is 71.5 Å². The smallest absolute Gasteiger partial charge is 0.210 e. The normalized spacial score (nSPS) is 11.0. The van der Waals surface area contributed by atoms with Gasteiger partial charge in [-0.3, -0.25) is 4.79 Å². The number of fused-ring (bicyclic) bond motifs is 1. The van der Waals surface area contributed by atoms with Crippen LogP contribution in [0, 0.1) is 0 Å². The van der Waals surface area contributed by atoms with Crippen molar-refractivity contribution < 1.29 is 9.53 Å². The van der Waals surface area contributed by atoms with Crippen LogP contribution in [0.15, 0.2) is 54.7 Å². The first-order chi connectivity index (χ1) is 12.2. The highest BCUT2D eigenvalue weighted by molar-refractivity contribution is 9.09. The van der Waals surface area contributed by atoms with Crippen molar-refractivity contribution in [1.29, 1.82) is 0 Å². The fraction of sp³-hybridized carbons (Fsp3) is 0.286. The van der Waals surface area contributed by atoms with Gasteiger partial charge < -0.3 is 9.14 Å². The van der Waals surface area contributed by atoms with Gasteiger partial charge in [0.25, 0.3) is 0 Å². The number of hydrogen-bond acceptors (Lipinski definition) is 2. The van der Waals surface area contributed by atoms with Gasteiger partial charge in [0.05, 0.1) is 12.3 Å². The molecule has 25 heavy (non-hydrogen) atoms. The second-order valence-electron chi connectivity index (χ2n) is 6.01. The molecule has 3 rings (SSSR count). The van der Waals surface area contributed by atoms with Gasteiger partial charge in [-0.2, -0.15) is 0 Å². The highest BCUT2D eigenvalue weighted by Gasteiger charge is 2.18. The Labute approximate surface area is 156 Å². The maximum absolute atomic E-state index is 13.1. The summed E-state index contributed by atoms with van der Waals surface area (Å²) in [5.41, 5.74) is 3.62. The van der Waals surface area contributed by atoms with Crippen molar-refractivity contribution >= 4 is 27.2 Å². The molecule has 130 valence electrons. The zero-order chi connectivity index (χ0) is 17.6. The summed E-state index contributed by atoms with van der Waals surface area (Å²) in [6, 6.07) is 15.6. The van der Waals surface area contributed by atoms with Gasteiger partial charge in [0.15, 0.2) is 0 Å². The molecular formula is C21H22BrNO2. The van der Waals surface area contributed by atoms with E-state index >= 15 is 0 Å². The number of aromatic nitrogens is 1. The topological polar surface area (TPSA) is 30.7 Å². The van der Waals surface area contributed by atoms with Crippen LogP contribution in [0.2, 0.25) is 0 Å². The number of hydrogen-bond donors (Lipinski definition) is 0. The van der Waals surface area contributed by atoms with E-state index < -0.39 is 0 Å². The molecule has 0 bridgehead atoms. The van der Waals surface area contributed by atoms with Gasteiger partial charge in [-0.25, -0.2) is 0 Å². The van der Waals surface area contributed by atoms with Crippen molar-refractivity contribution in [1.82, 2.24) is 4.40 Å². The first-order valence-corrected chi connectivity index (χ1v) is 9.79. The fourth-order valence-electron chi connectivity index (χ4n) is 2.98. The molecule has 0 unspecified atom stereocenters. The number of carbonyl (C=O) groups excluding carboxylic acids is 1. The summed E-state index contributed by atoms with van der Waals surface area (Å²) in [5, 5.41) is 0.922. The molecule has 1 aromatic carbocycles. The minimum absolute atomic E-state index is 0.0571. The van der Waals surface area contributed by atoms with Crippen LogP contribution in [0.5, 0.6) is 5.75 Å². The minimum atomic E-state index is 0.0571. The summed E-state index contributed by atoms with van der Waals surface area (Å²) in [6.45, 7) is 2.80. The second-order valence-corrected chi connectivity index (χ2v) is 6.80. The number of ether oxygens (including phenoxy) is 1. The summed E-state index contributed by atoms with van der Waals surface area (Å²) in [7, 11) is 0. The van der Waals surface area contributed by atoms with E-state index in [4.69, 9.17) is 4.74 Å². The Hall–Kier alpha value is -2.07. The van der Waals surface area contributed by atoms with Gasteiger partial charge in [-0.05, 0) is 60.9 Å². The molecule has 0 saturated carbocycles. The maximum atomic E-state index is 13.1. The Morgan fingerprint density at radius 3 is 2.68 bits per heavy atom. The standard InChI is InChI=1S/C21H22BrNO2/c1-2-6-17-15-18-7-3-4-13-23(18)20(17)21(24)16-8-10-19(11-9-16)25-14-5-12-22/h3-4,7-11,13,15H,2,5-6,12,14H2,1H3. The minimum Gasteiger partial charge on any atom is -0.494 e. The van der Waals surface area contributed by atoms with Crippen LogP contribution in [0.25, 0.3) is 5.52 Å².